The van der Waals surface area contributed by atoms with Crippen LogP contribution in [0.15, 0.2) is 24.5 Å². The van der Waals surface area contributed by atoms with E-state index < -0.39 is 4.92 Å². The number of hydrogen-bond acceptors (Lipinski definition) is 5. The van der Waals surface area contributed by atoms with Gasteiger partial charge in [-0.1, -0.05) is 12.8 Å². The van der Waals surface area contributed by atoms with Gasteiger partial charge < -0.3 is 10.3 Å². The maximum atomic E-state index is 11.0. The molecular weight excluding hydrogens is 258 g/mol. The zero-order valence-corrected chi connectivity index (χ0v) is 10.9. The molecule has 0 saturated heterocycles. The summed E-state index contributed by atoms with van der Waals surface area (Å²) in [7, 11) is 0. The first-order valence-corrected chi connectivity index (χ1v) is 6.60. The van der Waals surface area contributed by atoms with E-state index in [1.807, 2.05) is 4.57 Å². The van der Waals surface area contributed by atoms with Crippen molar-refractivity contribution in [3.8, 4) is 11.4 Å². The van der Waals surface area contributed by atoms with E-state index in [-0.39, 0.29) is 11.4 Å². The van der Waals surface area contributed by atoms with Crippen molar-refractivity contribution in [3.05, 3.63) is 34.6 Å². The third kappa shape index (κ3) is 2.11. The number of nitrogens with two attached hydrogens (primary N) is 1. The summed E-state index contributed by atoms with van der Waals surface area (Å²) >= 11 is 0. The molecule has 0 aliphatic heterocycles. The number of benzene rings is 1. The second-order valence-corrected chi connectivity index (χ2v) is 5.03. The third-order valence-electron chi connectivity index (χ3n) is 3.78. The molecular formula is C13H15N5O2. The lowest BCUT2D eigenvalue weighted by Gasteiger charge is -2.13. The Balaban J connectivity index is 2.03. The number of hydrogen-bond donors (Lipinski definition) is 1. The van der Waals surface area contributed by atoms with E-state index in [9.17, 15) is 10.1 Å². The summed E-state index contributed by atoms with van der Waals surface area (Å²) in [6, 6.07) is 5.14. The normalized spacial score (nSPS) is 15.6. The summed E-state index contributed by atoms with van der Waals surface area (Å²) < 4.78 is 2.02. The molecule has 20 heavy (non-hydrogen) atoms. The molecule has 0 amide bonds. The number of anilines is 1. The molecule has 7 nitrogen and oxygen atoms in total. The summed E-state index contributed by atoms with van der Waals surface area (Å²) in [6.45, 7) is 0. The van der Waals surface area contributed by atoms with Crippen molar-refractivity contribution in [1.82, 2.24) is 14.8 Å². The summed E-state index contributed by atoms with van der Waals surface area (Å²) in [5, 5.41) is 19.0. The summed E-state index contributed by atoms with van der Waals surface area (Å²) in [5.41, 5.74) is 6.36. The molecule has 1 aromatic carbocycles. The van der Waals surface area contributed by atoms with Gasteiger partial charge in [0.05, 0.1) is 4.92 Å². The molecule has 0 radical (unpaired) electrons. The lowest BCUT2D eigenvalue weighted by Crippen LogP contribution is -2.06. The Morgan fingerprint density at radius 1 is 1.35 bits per heavy atom. The molecule has 3 rings (SSSR count). The first-order valence-electron chi connectivity index (χ1n) is 6.60. The quantitative estimate of drug-likeness (QED) is 0.526. The van der Waals surface area contributed by atoms with Gasteiger partial charge in [-0.2, -0.15) is 0 Å². The molecule has 1 aliphatic rings. The van der Waals surface area contributed by atoms with Crippen molar-refractivity contribution in [2.24, 2.45) is 0 Å². The van der Waals surface area contributed by atoms with Crippen LogP contribution in [-0.4, -0.2) is 19.7 Å². The van der Waals surface area contributed by atoms with E-state index in [1.54, 1.807) is 18.5 Å². The van der Waals surface area contributed by atoms with Gasteiger partial charge in [-0.15, -0.1) is 10.2 Å². The first kappa shape index (κ1) is 12.6. The van der Waals surface area contributed by atoms with Gasteiger partial charge in [-0.3, -0.25) is 10.1 Å². The molecule has 0 bridgehead atoms. The molecule has 1 aromatic heterocycles. The Morgan fingerprint density at radius 2 is 2.10 bits per heavy atom. The van der Waals surface area contributed by atoms with Crippen molar-refractivity contribution < 1.29 is 4.92 Å². The van der Waals surface area contributed by atoms with Crippen LogP contribution < -0.4 is 5.73 Å². The van der Waals surface area contributed by atoms with Crippen LogP contribution in [0.3, 0.4) is 0 Å². The van der Waals surface area contributed by atoms with E-state index >= 15 is 0 Å². The lowest BCUT2D eigenvalue weighted by molar-refractivity contribution is -0.383. The first-order chi connectivity index (χ1) is 9.66. The number of nitrogens with zero attached hydrogens (tertiary/aromatic N) is 4. The van der Waals surface area contributed by atoms with E-state index in [4.69, 9.17) is 5.73 Å². The fourth-order valence-corrected chi connectivity index (χ4v) is 2.74. The second kappa shape index (κ2) is 4.92. The number of nitro groups is 1. The van der Waals surface area contributed by atoms with Gasteiger partial charge in [0.15, 0.2) is 5.82 Å². The smallest absolute Gasteiger partial charge is 0.292 e. The topological polar surface area (TPSA) is 99.9 Å². The highest BCUT2D eigenvalue weighted by atomic mass is 16.6. The van der Waals surface area contributed by atoms with E-state index in [0.29, 0.717) is 17.4 Å². The number of rotatable bonds is 3. The summed E-state index contributed by atoms with van der Waals surface area (Å²) in [5.74, 6) is 0.667. The van der Waals surface area contributed by atoms with Crippen molar-refractivity contribution in [1.29, 1.82) is 0 Å². The van der Waals surface area contributed by atoms with Crippen molar-refractivity contribution in [2.75, 3.05) is 5.73 Å². The van der Waals surface area contributed by atoms with E-state index in [1.165, 1.54) is 18.9 Å². The van der Waals surface area contributed by atoms with Crippen LogP contribution in [0.5, 0.6) is 0 Å². The predicted octanol–water partition coefficient (Wildman–Crippen LogP) is 2.55. The van der Waals surface area contributed by atoms with Gasteiger partial charge in [0.1, 0.15) is 12.0 Å². The van der Waals surface area contributed by atoms with Gasteiger partial charge in [-0.05, 0) is 25.0 Å². The highest BCUT2D eigenvalue weighted by Gasteiger charge is 2.22. The number of aromatic nitrogens is 3. The monoisotopic (exact) mass is 273 g/mol. The molecule has 2 aromatic rings. The van der Waals surface area contributed by atoms with Gasteiger partial charge in [0, 0.05) is 17.7 Å². The molecule has 1 saturated carbocycles. The average Bonchev–Trinajstić information content (AvgIpc) is 3.09. The zero-order chi connectivity index (χ0) is 14.1. The minimum Gasteiger partial charge on any atom is -0.393 e. The van der Waals surface area contributed by atoms with Gasteiger partial charge in [0.25, 0.3) is 5.69 Å². The predicted molar refractivity (Wildman–Crippen MR) is 74.0 cm³/mol. The lowest BCUT2D eigenvalue weighted by atomic mass is 10.1. The van der Waals surface area contributed by atoms with Gasteiger partial charge >= 0.3 is 0 Å². The van der Waals surface area contributed by atoms with Crippen molar-refractivity contribution >= 4 is 11.4 Å². The Bertz CT molecular complexity index is 646. The molecule has 2 N–H and O–H groups in total. The minimum atomic E-state index is -0.477. The molecule has 0 atom stereocenters. The number of nitrogen functional groups attached to an aromatic ring is 1. The highest BCUT2D eigenvalue weighted by Crippen LogP contribution is 2.34. The molecule has 104 valence electrons. The second-order valence-electron chi connectivity index (χ2n) is 5.03. The largest absolute Gasteiger partial charge is 0.393 e. The zero-order valence-electron chi connectivity index (χ0n) is 10.9. The third-order valence-corrected chi connectivity index (χ3v) is 3.78. The van der Waals surface area contributed by atoms with Crippen molar-refractivity contribution in [3.63, 3.8) is 0 Å². The van der Waals surface area contributed by atoms with Crippen molar-refractivity contribution in [2.45, 2.75) is 31.7 Å². The molecule has 1 fully saturated rings. The number of nitro benzene ring substituents is 1. The fourth-order valence-electron chi connectivity index (χ4n) is 2.74. The molecule has 1 aliphatic carbocycles. The van der Waals surface area contributed by atoms with Crippen LogP contribution in [0.2, 0.25) is 0 Å². The van der Waals surface area contributed by atoms with Gasteiger partial charge in [-0.25, -0.2) is 0 Å². The Hall–Kier alpha value is -2.44. The molecule has 1 heterocycles. The molecule has 0 spiro atoms. The average molecular weight is 273 g/mol. The SMILES string of the molecule is Nc1ccc(-c2nncn2C2CCCC2)cc1[N+](=O)[O-]. The Labute approximate surface area is 115 Å². The Kier molecular flexibility index (Phi) is 3.09. The van der Waals surface area contributed by atoms with Crippen LogP contribution in [0.25, 0.3) is 11.4 Å². The molecule has 7 heteroatoms. The fraction of sp³-hybridized carbons (Fsp3) is 0.385. The van der Waals surface area contributed by atoms with E-state index in [2.05, 4.69) is 10.2 Å². The summed E-state index contributed by atoms with van der Waals surface area (Å²) in [4.78, 5) is 10.5. The van der Waals surface area contributed by atoms with Crippen LogP contribution in [0.4, 0.5) is 11.4 Å². The minimum absolute atomic E-state index is 0.0940. The standard InChI is InChI=1S/C13H15N5O2/c14-11-6-5-9(7-12(11)18(19)20)13-16-15-8-17(13)10-3-1-2-4-10/h5-8,10H,1-4,14H2. The maximum absolute atomic E-state index is 11.0. The molecule has 0 unspecified atom stereocenters. The van der Waals surface area contributed by atoms with Crippen LogP contribution in [0.1, 0.15) is 31.7 Å². The highest BCUT2D eigenvalue weighted by molar-refractivity contribution is 5.68. The van der Waals surface area contributed by atoms with Crippen LogP contribution in [-0.2, 0) is 0 Å². The maximum Gasteiger partial charge on any atom is 0.292 e. The van der Waals surface area contributed by atoms with Crippen LogP contribution in [0, 0.1) is 10.1 Å². The van der Waals surface area contributed by atoms with E-state index in [0.717, 1.165) is 12.8 Å². The van der Waals surface area contributed by atoms with Gasteiger partial charge in [0.2, 0.25) is 0 Å². The summed E-state index contributed by atoms with van der Waals surface area (Å²) in [6.07, 6.45) is 6.30. The van der Waals surface area contributed by atoms with Crippen LogP contribution >= 0.6 is 0 Å². The Morgan fingerprint density at radius 3 is 2.80 bits per heavy atom.